The molecule has 1 aliphatic rings. The minimum atomic E-state index is 0.110. The Morgan fingerprint density at radius 2 is 1.90 bits per heavy atom. The Morgan fingerprint density at radius 1 is 1.10 bits per heavy atom. The van der Waals surface area contributed by atoms with Crippen LogP contribution in [0.3, 0.4) is 0 Å². The fourth-order valence-corrected chi connectivity index (χ4v) is 4.28. The van der Waals surface area contributed by atoms with E-state index in [-0.39, 0.29) is 5.91 Å². The molecule has 1 amide bonds. The van der Waals surface area contributed by atoms with Crippen LogP contribution in [-0.2, 0) is 4.79 Å². The number of nitrogens with zero attached hydrogens (tertiary/aromatic N) is 6. The van der Waals surface area contributed by atoms with Gasteiger partial charge in [0.2, 0.25) is 5.91 Å². The third-order valence-corrected chi connectivity index (χ3v) is 6.43. The van der Waals surface area contributed by atoms with E-state index >= 15 is 0 Å². The van der Waals surface area contributed by atoms with Crippen molar-refractivity contribution in [2.75, 3.05) is 36.8 Å². The highest BCUT2D eigenvalue weighted by atomic mass is 35.5. The van der Waals surface area contributed by atoms with Crippen molar-refractivity contribution in [1.82, 2.24) is 24.6 Å². The van der Waals surface area contributed by atoms with Gasteiger partial charge in [-0.3, -0.25) is 9.36 Å². The molecule has 0 aliphatic carbocycles. The maximum atomic E-state index is 12.7. The molecule has 0 bridgehead atoms. The zero-order valence-electron chi connectivity index (χ0n) is 17.0. The summed E-state index contributed by atoms with van der Waals surface area (Å²) in [6.45, 7) is 7.02. The molecule has 2 aromatic heterocycles. The second-order valence-corrected chi connectivity index (χ2v) is 8.62. The number of carbonyl (C=O) groups is 1. The molecule has 1 aromatic carbocycles. The number of aromatic nitrogens is 4. The lowest BCUT2D eigenvalue weighted by atomic mass is 10.1. The van der Waals surface area contributed by atoms with Crippen LogP contribution in [0, 0.1) is 13.8 Å². The lowest BCUT2D eigenvalue weighted by molar-refractivity contribution is -0.128. The Hall–Kier alpha value is -2.58. The summed E-state index contributed by atoms with van der Waals surface area (Å²) in [5, 5.41) is 9.57. The smallest absolute Gasteiger partial charge is 0.233 e. The van der Waals surface area contributed by atoms with Crippen LogP contribution in [0.2, 0.25) is 5.02 Å². The molecule has 1 fully saturated rings. The molecule has 1 aliphatic heterocycles. The molecule has 0 N–H and O–H groups in total. The molecule has 156 valence electrons. The number of pyridine rings is 1. The van der Waals surface area contributed by atoms with Gasteiger partial charge >= 0.3 is 0 Å². The number of hydrogen-bond donors (Lipinski definition) is 0. The van der Waals surface area contributed by atoms with E-state index in [4.69, 9.17) is 11.6 Å². The molecule has 7 nitrogen and oxygen atoms in total. The predicted molar refractivity (Wildman–Crippen MR) is 120 cm³/mol. The van der Waals surface area contributed by atoms with E-state index in [1.807, 2.05) is 27.7 Å². The van der Waals surface area contributed by atoms with Gasteiger partial charge in [-0.25, -0.2) is 4.98 Å². The van der Waals surface area contributed by atoms with Gasteiger partial charge in [-0.1, -0.05) is 29.4 Å². The number of halogens is 1. The number of thioether (sulfide) groups is 1. The highest BCUT2D eigenvalue weighted by Crippen LogP contribution is 2.22. The maximum absolute atomic E-state index is 12.7. The quantitative estimate of drug-likeness (QED) is 0.564. The van der Waals surface area contributed by atoms with Crippen LogP contribution in [0.1, 0.15) is 11.1 Å². The number of piperazine rings is 1. The molecular formula is C21H23ClN6OS. The molecule has 30 heavy (non-hydrogen) atoms. The summed E-state index contributed by atoms with van der Waals surface area (Å²) in [4.78, 5) is 21.2. The molecule has 0 radical (unpaired) electrons. The van der Waals surface area contributed by atoms with Gasteiger partial charge in [0.05, 0.1) is 10.8 Å². The van der Waals surface area contributed by atoms with Gasteiger partial charge < -0.3 is 9.80 Å². The highest BCUT2D eigenvalue weighted by Gasteiger charge is 2.22. The van der Waals surface area contributed by atoms with Gasteiger partial charge in [0.15, 0.2) is 5.16 Å². The monoisotopic (exact) mass is 442 g/mol. The fraction of sp³-hybridized carbons (Fsp3) is 0.333. The van der Waals surface area contributed by atoms with Crippen LogP contribution >= 0.6 is 23.4 Å². The van der Waals surface area contributed by atoms with E-state index in [1.165, 1.54) is 22.9 Å². The van der Waals surface area contributed by atoms with Gasteiger partial charge in [-0.2, -0.15) is 0 Å². The SMILES string of the molecule is Cc1ccc(-n2cnnc2SCC(=O)N2CCN(c3ccc(Cl)cn3)CC2)cc1C. The number of hydrogen-bond acceptors (Lipinski definition) is 6. The number of rotatable bonds is 5. The molecule has 0 atom stereocenters. The lowest BCUT2D eigenvalue weighted by Gasteiger charge is -2.35. The van der Waals surface area contributed by atoms with Crippen LogP contribution < -0.4 is 4.90 Å². The van der Waals surface area contributed by atoms with Gasteiger partial charge in [-0.05, 0) is 49.2 Å². The summed E-state index contributed by atoms with van der Waals surface area (Å²) < 4.78 is 1.93. The average molecular weight is 443 g/mol. The first-order valence-electron chi connectivity index (χ1n) is 9.76. The maximum Gasteiger partial charge on any atom is 0.233 e. The van der Waals surface area contributed by atoms with Crippen molar-refractivity contribution >= 4 is 35.1 Å². The summed E-state index contributed by atoms with van der Waals surface area (Å²) >= 11 is 7.33. The normalized spacial score (nSPS) is 14.2. The summed E-state index contributed by atoms with van der Waals surface area (Å²) in [7, 11) is 0. The number of amides is 1. The Balaban J connectivity index is 1.33. The first-order chi connectivity index (χ1) is 14.5. The number of anilines is 1. The minimum Gasteiger partial charge on any atom is -0.353 e. The molecule has 3 heterocycles. The van der Waals surface area contributed by atoms with Crippen molar-refractivity contribution in [3.8, 4) is 5.69 Å². The van der Waals surface area contributed by atoms with Crippen molar-refractivity contribution in [2.45, 2.75) is 19.0 Å². The van der Waals surface area contributed by atoms with Crippen LogP contribution in [0.5, 0.6) is 0 Å². The van der Waals surface area contributed by atoms with Crippen LogP contribution in [0.4, 0.5) is 5.82 Å². The van der Waals surface area contributed by atoms with Crippen molar-refractivity contribution in [2.24, 2.45) is 0 Å². The molecule has 4 rings (SSSR count). The van der Waals surface area contributed by atoms with Gasteiger partial charge in [0.1, 0.15) is 12.1 Å². The summed E-state index contributed by atoms with van der Waals surface area (Å²) in [5.41, 5.74) is 3.45. The number of benzene rings is 1. The number of carbonyl (C=O) groups excluding carboxylic acids is 1. The lowest BCUT2D eigenvalue weighted by Crippen LogP contribution is -2.49. The van der Waals surface area contributed by atoms with Gasteiger partial charge in [0, 0.05) is 38.1 Å². The first-order valence-corrected chi connectivity index (χ1v) is 11.1. The first kappa shape index (κ1) is 20.7. The Bertz CT molecular complexity index is 1030. The van der Waals surface area contributed by atoms with E-state index in [1.54, 1.807) is 12.5 Å². The van der Waals surface area contributed by atoms with E-state index in [2.05, 4.69) is 46.1 Å². The molecule has 0 saturated carbocycles. The summed E-state index contributed by atoms with van der Waals surface area (Å²) in [5.74, 6) is 1.34. The van der Waals surface area contributed by atoms with Crippen LogP contribution in [0.25, 0.3) is 5.69 Å². The van der Waals surface area contributed by atoms with Crippen molar-refractivity contribution in [3.63, 3.8) is 0 Å². The largest absolute Gasteiger partial charge is 0.353 e. The van der Waals surface area contributed by atoms with Gasteiger partial charge in [-0.15, -0.1) is 10.2 Å². The predicted octanol–water partition coefficient (Wildman–Crippen LogP) is 3.37. The Kier molecular flexibility index (Phi) is 6.24. The molecule has 1 saturated heterocycles. The zero-order valence-corrected chi connectivity index (χ0v) is 18.5. The van der Waals surface area contributed by atoms with Crippen molar-refractivity contribution in [3.05, 3.63) is 59.0 Å². The highest BCUT2D eigenvalue weighted by molar-refractivity contribution is 7.99. The van der Waals surface area contributed by atoms with Crippen molar-refractivity contribution in [1.29, 1.82) is 0 Å². The average Bonchev–Trinajstić information content (AvgIpc) is 3.23. The third kappa shape index (κ3) is 4.60. The Morgan fingerprint density at radius 3 is 2.60 bits per heavy atom. The number of aryl methyl sites for hydroxylation is 2. The summed E-state index contributed by atoms with van der Waals surface area (Å²) in [6, 6.07) is 9.98. The molecule has 9 heteroatoms. The fourth-order valence-electron chi connectivity index (χ4n) is 3.33. The van der Waals surface area contributed by atoms with Crippen molar-refractivity contribution < 1.29 is 4.79 Å². The van der Waals surface area contributed by atoms with Crippen LogP contribution in [0.15, 0.2) is 48.0 Å². The second kappa shape index (κ2) is 9.06. The molecule has 0 spiro atoms. The molecule has 0 unspecified atom stereocenters. The molecule has 3 aromatic rings. The molecular weight excluding hydrogens is 420 g/mol. The standard InChI is InChI=1S/C21H23ClN6OS/c1-15-3-5-18(11-16(15)2)28-14-24-25-21(28)30-13-20(29)27-9-7-26(8-10-27)19-6-4-17(22)12-23-19/h3-6,11-12,14H,7-10,13H2,1-2H3. The minimum absolute atomic E-state index is 0.110. The van der Waals surface area contributed by atoms with E-state index in [9.17, 15) is 4.79 Å². The van der Waals surface area contributed by atoms with E-state index in [0.29, 0.717) is 23.9 Å². The zero-order chi connectivity index (χ0) is 21.1. The van der Waals surface area contributed by atoms with E-state index in [0.717, 1.165) is 29.8 Å². The topological polar surface area (TPSA) is 67.2 Å². The Labute approximate surface area is 185 Å². The van der Waals surface area contributed by atoms with Crippen LogP contribution in [-0.4, -0.2) is 62.5 Å². The summed E-state index contributed by atoms with van der Waals surface area (Å²) in [6.07, 6.45) is 3.34. The third-order valence-electron chi connectivity index (χ3n) is 5.28. The second-order valence-electron chi connectivity index (χ2n) is 7.24. The van der Waals surface area contributed by atoms with E-state index < -0.39 is 0 Å². The van der Waals surface area contributed by atoms with Gasteiger partial charge in [0.25, 0.3) is 0 Å².